The minimum Gasteiger partial charge on any atom is -0.457 e. The van der Waals surface area contributed by atoms with E-state index >= 15 is 0 Å². The molecule has 0 aromatic heterocycles. The molecule has 0 bridgehead atoms. The Labute approximate surface area is 192 Å². The average molecular weight is 428 g/mol. The predicted octanol–water partition coefficient (Wildman–Crippen LogP) is 5.27. The fourth-order valence-corrected chi connectivity index (χ4v) is 5.02. The molecule has 0 N–H and O–H groups in total. The van der Waals surface area contributed by atoms with Gasteiger partial charge in [-0.15, -0.1) is 0 Å². The van der Waals surface area contributed by atoms with E-state index in [0.29, 0.717) is 0 Å². The number of rotatable bonds is 6. The summed E-state index contributed by atoms with van der Waals surface area (Å²) in [4.78, 5) is 7.85. The Balaban J connectivity index is 1.09. The van der Waals surface area contributed by atoms with Crippen LogP contribution < -0.4 is 9.64 Å². The van der Waals surface area contributed by atoms with Gasteiger partial charge in [-0.25, -0.2) is 0 Å². The first-order valence-corrected chi connectivity index (χ1v) is 11.9. The van der Waals surface area contributed by atoms with Crippen molar-refractivity contribution >= 4 is 5.69 Å². The summed E-state index contributed by atoms with van der Waals surface area (Å²) in [7, 11) is 0. The average Bonchev–Trinajstić information content (AvgIpc) is 2.86. The van der Waals surface area contributed by atoms with Crippen molar-refractivity contribution in [2.24, 2.45) is 0 Å². The second-order valence-corrected chi connectivity index (χ2v) is 8.93. The molecule has 0 saturated carbocycles. The molecule has 0 amide bonds. The number of para-hydroxylation sites is 2. The molecule has 2 fully saturated rings. The highest BCUT2D eigenvalue weighted by Crippen LogP contribution is 2.25. The van der Waals surface area contributed by atoms with Gasteiger partial charge in [0.25, 0.3) is 0 Å². The van der Waals surface area contributed by atoms with Crippen LogP contribution in [0.4, 0.5) is 5.69 Å². The Bertz CT molecular complexity index is 962. The molecule has 3 aromatic rings. The number of piperidine rings is 1. The molecule has 2 heterocycles. The molecule has 3 aromatic carbocycles. The Kier molecular flexibility index (Phi) is 6.71. The lowest BCUT2D eigenvalue weighted by molar-refractivity contribution is 0.0998. The van der Waals surface area contributed by atoms with E-state index in [9.17, 15) is 0 Å². The van der Waals surface area contributed by atoms with Gasteiger partial charge in [0.1, 0.15) is 11.5 Å². The number of benzene rings is 3. The largest absolute Gasteiger partial charge is 0.457 e. The number of nitrogens with zero attached hydrogens (tertiary/aromatic N) is 3. The number of anilines is 1. The van der Waals surface area contributed by atoms with Gasteiger partial charge in [-0.3, -0.25) is 9.80 Å². The van der Waals surface area contributed by atoms with Crippen LogP contribution >= 0.6 is 0 Å². The fraction of sp³-hybridized carbons (Fsp3) is 0.357. The van der Waals surface area contributed by atoms with E-state index in [1.54, 1.807) is 0 Å². The Morgan fingerprint density at radius 3 is 2.03 bits per heavy atom. The maximum absolute atomic E-state index is 6.02. The van der Waals surface area contributed by atoms with Gasteiger partial charge in [0.15, 0.2) is 0 Å². The molecular formula is C28H33N3O. The smallest absolute Gasteiger partial charge is 0.127 e. The van der Waals surface area contributed by atoms with E-state index in [1.165, 1.54) is 50.3 Å². The third-order valence-electron chi connectivity index (χ3n) is 6.79. The van der Waals surface area contributed by atoms with Crippen molar-refractivity contribution in [3.8, 4) is 11.5 Å². The first kappa shape index (κ1) is 21.0. The number of likely N-dealkylation sites (tertiary alicyclic amines) is 1. The monoisotopic (exact) mass is 427 g/mol. The van der Waals surface area contributed by atoms with Crippen LogP contribution in [0.3, 0.4) is 0 Å². The molecule has 0 unspecified atom stereocenters. The molecular weight excluding hydrogens is 394 g/mol. The van der Waals surface area contributed by atoms with Gasteiger partial charge in [-0.1, -0.05) is 48.5 Å². The third-order valence-corrected chi connectivity index (χ3v) is 6.79. The van der Waals surface area contributed by atoms with Crippen molar-refractivity contribution in [2.75, 3.05) is 44.2 Å². The predicted molar refractivity (Wildman–Crippen MR) is 131 cm³/mol. The second kappa shape index (κ2) is 10.2. The lowest BCUT2D eigenvalue weighted by Gasteiger charge is -2.43. The van der Waals surface area contributed by atoms with Crippen LogP contribution in [-0.2, 0) is 6.54 Å². The maximum atomic E-state index is 6.02. The van der Waals surface area contributed by atoms with Crippen molar-refractivity contribution < 1.29 is 4.74 Å². The second-order valence-electron chi connectivity index (χ2n) is 8.93. The van der Waals surface area contributed by atoms with E-state index < -0.39 is 0 Å². The summed E-state index contributed by atoms with van der Waals surface area (Å²) in [6.07, 6.45) is 2.54. The van der Waals surface area contributed by atoms with Crippen LogP contribution in [0.25, 0.3) is 0 Å². The van der Waals surface area contributed by atoms with Gasteiger partial charge in [-0.2, -0.15) is 0 Å². The summed E-state index contributed by atoms with van der Waals surface area (Å²) < 4.78 is 6.02. The van der Waals surface area contributed by atoms with Crippen molar-refractivity contribution in [3.63, 3.8) is 0 Å². The highest BCUT2D eigenvalue weighted by atomic mass is 16.5. The van der Waals surface area contributed by atoms with E-state index in [4.69, 9.17) is 4.74 Å². The number of piperazine rings is 1. The highest BCUT2D eigenvalue weighted by molar-refractivity contribution is 5.46. The molecule has 32 heavy (non-hydrogen) atoms. The zero-order valence-corrected chi connectivity index (χ0v) is 18.8. The normalized spacial score (nSPS) is 18.6. The lowest BCUT2D eigenvalue weighted by Crippen LogP contribution is -2.53. The van der Waals surface area contributed by atoms with Crippen molar-refractivity contribution in [1.29, 1.82) is 0 Å². The molecule has 0 atom stereocenters. The van der Waals surface area contributed by atoms with E-state index in [-0.39, 0.29) is 0 Å². The number of hydrogen-bond acceptors (Lipinski definition) is 4. The fourth-order valence-electron chi connectivity index (χ4n) is 5.02. The molecule has 0 spiro atoms. The van der Waals surface area contributed by atoms with Crippen LogP contribution in [0.15, 0.2) is 84.9 Å². The standard InChI is InChI=1S/C28H33N3O/c1-3-9-25(10-4-1)30-18-20-31(21-19-30)26-14-16-29(17-15-26)23-24-8-7-13-28(22-24)32-27-11-5-2-6-12-27/h1-13,22,26H,14-21,23H2. The molecule has 2 saturated heterocycles. The lowest BCUT2D eigenvalue weighted by atomic mass is 10.0. The minimum atomic E-state index is 0.733. The Morgan fingerprint density at radius 1 is 0.656 bits per heavy atom. The molecule has 4 nitrogen and oxygen atoms in total. The minimum absolute atomic E-state index is 0.733. The van der Waals surface area contributed by atoms with E-state index in [0.717, 1.165) is 37.2 Å². The zero-order valence-electron chi connectivity index (χ0n) is 18.8. The molecule has 0 aliphatic carbocycles. The summed E-state index contributed by atoms with van der Waals surface area (Å²) in [6, 6.07) is 30.1. The molecule has 2 aliphatic heterocycles. The Morgan fingerprint density at radius 2 is 1.31 bits per heavy atom. The zero-order chi connectivity index (χ0) is 21.6. The summed E-state index contributed by atoms with van der Waals surface area (Å²) >= 11 is 0. The topological polar surface area (TPSA) is 19.0 Å². The molecule has 2 aliphatic rings. The van der Waals surface area contributed by atoms with Crippen LogP contribution in [0.5, 0.6) is 11.5 Å². The van der Waals surface area contributed by atoms with Gasteiger partial charge in [0.2, 0.25) is 0 Å². The summed E-state index contributed by atoms with van der Waals surface area (Å²) in [5, 5.41) is 0. The van der Waals surface area contributed by atoms with Gasteiger partial charge >= 0.3 is 0 Å². The molecule has 166 valence electrons. The van der Waals surface area contributed by atoms with Crippen LogP contribution in [-0.4, -0.2) is 55.1 Å². The van der Waals surface area contributed by atoms with Crippen LogP contribution in [0.2, 0.25) is 0 Å². The quantitative estimate of drug-likeness (QED) is 0.534. The first-order valence-electron chi connectivity index (χ1n) is 11.9. The highest BCUT2D eigenvalue weighted by Gasteiger charge is 2.27. The van der Waals surface area contributed by atoms with Crippen molar-refractivity contribution in [2.45, 2.75) is 25.4 Å². The molecule has 5 rings (SSSR count). The van der Waals surface area contributed by atoms with Crippen LogP contribution in [0.1, 0.15) is 18.4 Å². The Hall–Kier alpha value is -2.82. The van der Waals surface area contributed by atoms with Crippen molar-refractivity contribution in [3.05, 3.63) is 90.5 Å². The van der Waals surface area contributed by atoms with Gasteiger partial charge < -0.3 is 9.64 Å². The summed E-state index contributed by atoms with van der Waals surface area (Å²) in [5.74, 6) is 1.80. The molecule has 0 radical (unpaired) electrons. The maximum Gasteiger partial charge on any atom is 0.127 e. The summed E-state index contributed by atoms with van der Waals surface area (Å²) in [5.41, 5.74) is 2.69. The third kappa shape index (κ3) is 5.32. The van der Waals surface area contributed by atoms with Crippen molar-refractivity contribution in [1.82, 2.24) is 9.80 Å². The van der Waals surface area contributed by atoms with Gasteiger partial charge in [0.05, 0.1) is 0 Å². The van der Waals surface area contributed by atoms with E-state index in [2.05, 4.69) is 63.2 Å². The van der Waals surface area contributed by atoms with Gasteiger partial charge in [0, 0.05) is 44.5 Å². The summed E-state index contributed by atoms with van der Waals surface area (Å²) in [6.45, 7) is 7.98. The SMILES string of the molecule is c1ccc(Oc2cccc(CN3CCC(N4CCN(c5ccccc5)CC4)CC3)c2)cc1. The number of hydrogen-bond donors (Lipinski definition) is 0. The van der Waals surface area contributed by atoms with E-state index in [1.807, 2.05) is 36.4 Å². The first-order chi connectivity index (χ1) is 15.8. The molecule has 4 heteroatoms. The van der Waals surface area contributed by atoms with Gasteiger partial charge in [-0.05, 0) is 67.9 Å². The number of ether oxygens (including phenoxy) is 1. The van der Waals surface area contributed by atoms with Crippen LogP contribution in [0, 0.1) is 0 Å².